The molecule has 2 saturated carbocycles. The Kier molecular flexibility index (Phi) is 4.67. The molecule has 0 spiro atoms. The van der Waals surface area contributed by atoms with E-state index in [0.717, 1.165) is 34.5 Å². The molecule has 0 saturated heterocycles. The molecule has 0 aromatic heterocycles. The summed E-state index contributed by atoms with van der Waals surface area (Å²) in [6, 6.07) is 7.19. The van der Waals surface area contributed by atoms with Crippen molar-refractivity contribution in [2.45, 2.75) is 44.6 Å². The summed E-state index contributed by atoms with van der Waals surface area (Å²) in [6.07, 6.45) is 8.07. The molecule has 0 radical (unpaired) electrons. The van der Waals surface area contributed by atoms with Crippen LogP contribution in [-0.4, -0.2) is 19.7 Å². The second kappa shape index (κ2) is 6.48. The van der Waals surface area contributed by atoms with Crippen LogP contribution in [0.3, 0.4) is 0 Å². The predicted octanol–water partition coefficient (Wildman–Crippen LogP) is 4.17. The van der Waals surface area contributed by atoms with Gasteiger partial charge in [-0.25, -0.2) is 0 Å². The second-order valence-electron chi connectivity index (χ2n) is 6.29. The van der Waals surface area contributed by atoms with Gasteiger partial charge in [0.05, 0.1) is 7.11 Å². The Labute approximate surface area is 130 Å². The highest BCUT2D eigenvalue weighted by atomic mass is 79.9. The van der Waals surface area contributed by atoms with E-state index in [1.165, 1.54) is 44.2 Å². The van der Waals surface area contributed by atoms with Gasteiger partial charge in [-0.05, 0) is 74.2 Å². The van der Waals surface area contributed by atoms with Crippen molar-refractivity contribution in [3.8, 4) is 5.75 Å². The molecule has 1 N–H and O–H groups in total. The Hall–Kier alpha value is -0.540. The molecular formula is C17H24BrNO. The maximum absolute atomic E-state index is 5.52. The predicted molar refractivity (Wildman–Crippen MR) is 86.3 cm³/mol. The fourth-order valence-corrected chi connectivity index (χ4v) is 3.85. The molecule has 0 amide bonds. The third-order valence-electron chi connectivity index (χ3n) is 4.79. The quantitative estimate of drug-likeness (QED) is 0.841. The summed E-state index contributed by atoms with van der Waals surface area (Å²) in [5, 5.41) is 3.71. The molecule has 3 heteroatoms. The van der Waals surface area contributed by atoms with Crippen molar-refractivity contribution in [1.29, 1.82) is 0 Å². The number of ether oxygens (including phenoxy) is 1. The topological polar surface area (TPSA) is 21.3 Å². The molecule has 20 heavy (non-hydrogen) atoms. The van der Waals surface area contributed by atoms with E-state index in [1.54, 1.807) is 7.11 Å². The molecule has 0 heterocycles. The van der Waals surface area contributed by atoms with Crippen LogP contribution in [0.2, 0.25) is 0 Å². The maximum Gasteiger partial charge on any atom is 0.122 e. The summed E-state index contributed by atoms with van der Waals surface area (Å²) in [7, 11) is 1.77. The van der Waals surface area contributed by atoms with E-state index in [2.05, 4.69) is 39.4 Å². The minimum atomic E-state index is 0.810. The fourth-order valence-electron chi connectivity index (χ4n) is 3.45. The van der Waals surface area contributed by atoms with Gasteiger partial charge in [0.2, 0.25) is 0 Å². The first-order valence-electron chi connectivity index (χ1n) is 7.82. The largest absolute Gasteiger partial charge is 0.496 e. The van der Waals surface area contributed by atoms with Gasteiger partial charge < -0.3 is 10.1 Å². The van der Waals surface area contributed by atoms with Crippen LogP contribution in [0.15, 0.2) is 22.7 Å². The van der Waals surface area contributed by atoms with Gasteiger partial charge >= 0.3 is 0 Å². The van der Waals surface area contributed by atoms with Gasteiger partial charge in [0.15, 0.2) is 0 Å². The highest BCUT2D eigenvalue weighted by Gasteiger charge is 2.30. The van der Waals surface area contributed by atoms with Crippen LogP contribution in [0.4, 0.5) is 0 Å². The molecule has 3 rings (SSSR count). The normalized spacial score (nSPS) is 25.9. The highest BCUT2D eigenvalue weighted by Crippen LogP contribution is 2.37. The number of benzene rings is 1. The smallest absolute Gasteiger partial charge is 0.122 e. The van der Waals surface area contributed by atoms with Crippen molar-refractivity contribution < 1.29 is 4.74 Å². The van der Waals surface area contributed by atoms with E-state index >= 15 is 0 Å². The summed E-state index contributed by atoms with van der Waals surface area (Å²) >= 11 is 3.58. The first-order valence-corrected chi connectivity index (χ1v) is 8.61. The summed E-state index contributed by atoms with van der Waals surface area (Å²) in [4.78, 5) is 0. The summed E-state index contributed by atoms with van der Waals surface area (Å²) in [5.41, 5.74) is 1.35. The number of rotatable bonds is 6. The molecule has 2 aliphatic rings. The zero-order chi connectivity index (χ0) is 13.9. The van der Waals surface area contributed by atoms with Crippen molar-refractivity contribution >= 4 is 15.9 Å². The van der Waals surface area contributed by atoms with Crippen LogP contribution in [0.5, 0.6) is 5.75 Å². The summed E-state index contributed by atoms with van der Waals surface area (Å²) < 4.78 is 6.67. The van der Waals surface area contributed by atoms with Crippen LogP contribution in [0.25, 0.3) is 0 Å². The Morgan fingerprint density at radius 1 is 1.20 bits per heavy atom. The van der Waals surface area contributed by atoms with Crippen LogP contribution in [0.1, 0.15) is 37.7 Å². The number of nitrogens with one attached hydrogen (secondary N) is 1. The molecule has 110 valence electrons. The van der Waals surface area contributed by atoms with E-state index in [1.807, 2.05) is 0 Å². The Bertz CT molecular complexity index is 458. The standard InChI is InChI=1S/C17H24BrNO/c1-20-17-8-5-15(18)10-14(17)9-12-3-2-4-13(12)11-19-16-6-7-16/h5,8,10,12-13,16,19H,2-4,6-7,9,11H2,1H3. The lowest BCUT2D eigenvalue weighted by atomic mass is 9.89. The lowest BCUT2D eigenvalue weighted by Gasteiger charge is -2.21. The van der Waals surface area contributed by atoms with E-state index in [0.29, 0.717) is 0 Å². The number of hydrogen-bond acceptors (Lipinski definition) is 2. The van der Waals surface area contributed by atoms with Crippen LogP contribution >= 0.6 is 15.9 Å². The van der Waals surface area contributed by atoms with E-state index in [9.17, 15) is 0 Å². The van der Waals surface area contributed by atoms with Crippen molar-refractivity contribution in [2.75, 3.05) is 13.7 Å². The lowest BCUT2D eigenvalue weighted by molar-refractivity contribution is 0.354. The Morgan fingerprint density at radius 3 is 2.75 bits per heavy atom. The van der Waals surface area contributed by atoms with Gasteiger partial charge in [0.1, 0.15) is 5.75 Å². The van der Waals surface area contributed by atoms with E-state index in [4.69, 9.17) is 4.74 Å². The third kappa shape index (κ3) is 3.56. The fraction of sp³-hybridized carbons (Fsp3) is 0.647. The first kappa shape index (κ1) is 14.4. The molecule has 1 aromatic carbocycles. The molecular weight excluding hydrogens is 314 g/mol. The Balaban J connectivity index is 1.64. The lowest BCUT2D eigenvalue weighted by Crippen LogP contribution is -2.27. The van der Waals surface area contributed by atoms with Crippen molar-refractivity contribution in [2.24, 2.45) is 11.8 Å². The average molecular weight is 338 g/mol. The van der Waals surface area contributed by atoms with Crippen molar-refractivity contribution in [1.82, 2.24) is 5.32 Å². The molecule has 2 unspecified atom stereocenters. The Morgan fingerprint density at radius 2 is 2.00 bits per heavy atom. The maximum atomic E-state index is 5.52. The molecule has 2 nitrogen and oxygen atoms in total. The monoisotopic (exact) mass is 337 g/mol. The molecule has 2 atom stereocenters. The summed E-state index contributed by atoms with van der Waals surface area (Å²) in [6.45, 7) is 1.21. The minimum absolute atomic E-state index is 0.810. The number of hydrogen-bond donors (Lipinski definition) is 1. The molecule has 2 fully saturated rings. The van der Waals surface area contributed by atoms with Gasteiger partial charge in [0, 0.05) is 10.5 Å². The van der Waals surface area contributed by atoms with Gasteiger partial charge in [-0.2, -0.15) is 0 Å². The SMILES string of the molecule is COc1ccc(Br)cc1CC1CCCC1CNC1CC1. The minimum Gasteiger partial charge on any atom is -0.496 e. The zero-order valence-corrected chi connectivity index (χ0v) is 13.8. The van der Waals surface area contributed by atoms with E-state index in [-0.39, 0.29) is 0 Å². The molecule has 0 bridgehead atoms. The van der Waals surface area contributed by atoms with Gasteiger partial charge in [-0.1, -0.05) is 22.4 Å². The number of halogens is 1. The van der Waals surface area contributed by atoms with Crippen molar-refractivity contribution in [3.63, 3.8) is 0 Å². The van der Waals surface area contributed by atoms with E-state index < -0.39 is 0 Å². The van der Waals surface area contributed by atoms with Gasteiger partial charge in [0.25, 0.3) is 0 Å². The number of methoxy groups -OCH3 is 1. The molecule has 1 aromatic rings. The highest BCUT2D eigenvalue weighted by molar-refractivity contribution is 9.10. The van der Waals surface area contributed by atoms with Gasteiger partial charge in [-0.15, -0.1) is 0 Å². The van der Waals surface area contributed by atoms with Crippen molar-refractivity contribution in [3.05, 3.63) is 28.2 Å². The van der Waals surface area contributed by atoms with Crippen LogP contribution in [0, 0.1) is 11.8 Å². The third-order valence-corrected chi connectivity index (χ3v) is 5.28. The summed E-state index contributed by atoms with van der Waals surface area (Å²) in [5.74, 6) is 2.69. The average Bonchev–Trinajstić information content (AvgIpc) is 3.17. The molecule has 2 aliphatic carbocycles. The molecule has 0 aliphatic heterocycles. The van der Waals surface area contributed by atoms with Gasteiger partial charge in [-0.3, -0.25) is 0 Å². The zero-order valence-electron chi connectivity index (χ0n) is 12.2. The first-order chi connectivity index (χ1) is 9.76. The van der Waals surface area contributed by atoms with Crippen LogP contribution in [-0.2, 0) is 6.42 Å². The van der Waals surface area contributed by atoms with Crippen LogP contribution < -0.4 is 10.1 Å². The second-order valence-corrected chi connectivity index (χ2v) is 7.21.